The van der Waals surface area contributed by atoms with Crippen molar-refractivity contribution in [2.45, 2.75) is 0 Å². The van der Waals surface area contributed by atoms with Gasteiger partial charge in [-0.2, -0.15) is 0 Å². The molecule has 3 rings (SSSR count). The lowest BCUT2D eigenvalue weighted by atomic mass is 10.1. The van der Waals surface area contributed by atoms with Crippen LogP contribution in [0.15, 0.2) is 65.2 Å². The molecule has 0 amide bonds. The predicted molar refractivity (Wildman–Crippen MR) is 74.0 cm³/mol. The Labute approximate surface area is 114 Å². The van der Waals surface area contributed by atoms with Gasteiger partial charge in [0, 0.05) is 29.3 Å². The number of nitro benzene ring substituents is 1. The molecular formula is C15H10N2O3. The van der Waals surface area contributed by atoms with Crippen LogP contribution in [0.4, 0.5) is 5.69 Å². The van der Waals surface area contributed by atoms with Gasteiger partial charge in [-0.1, -0.05) is 35.5 Å². The van der Waals surface area contributed by atoms with E-state index in [-0.39, 0.29) is 5.69 Å². The zero-order chi connectivity index (χ0) is 13.9. The lowest BCUT2D eigenvalue weighted by molar-refractivity contribution is -0.384. The molecule has 0 spiro atoms. The Kier molecular flexibility index (Phi) is 3.01. The third-order valence-corrected chi connectivity index (χ3v) is 2.94. The van der Waals surface area contributed by atoms with Crippen LogP contribution in [0.3, 0.4) is 0 Å². The first kappa shape index (κ1) is 12.1. The second-order valence-corrected chi connectivity index (χ2v) is 4.25. The smallest absolute Gasteiger partial charge is 0.269 e. The third-order valence-electron chi connectivity index (χ3n) is 2.94. The maximum absolute atomic E-state index is 10.6. The average Bonchev–Trinajstić information content (AvgIpc) is 2.98. The lowest BCUT2D eigenvalue weighted by Gasteiger charge is -1.94. The zero-order valence-corrected chi connectivity index (χ0v) is 10.4. The van der Waals surface area contributed by atoms with Crippen LogP contribution in [0.25, 0.3) is 22.6 Å². The molecule has 0 bridgehead atoms. The number of benzene rings is 2. The van der Waals surface area contributed by atoms with E-state index in [0.717, 1.165) is 11.1 Å². The van der Waals surface area contributed by atoms with Gasteiger partial charge >= 0.3 is 0 Å². The first-order valence-electron chi connectivity index (χ1n) is 6.01. The fourth-order valence-corrected chi connectivity index (χ4v) is 1.90. The van der Waals surface area contributed by atoms with E-state index in [1.165, 1.54) is 12.1 Å². The topological polar surface area (TPSA) is 69.2 Å². The van der Waals surface area contributed by atoms with Crippen molar-refractivity contribution in [1.29, 1.82) is 0 Å². The molecule has 5 nitrogen and oxygen atoms in total. The van der Waals surface area contributed by atoms with Gasteiger partial charge in [0.2, 0.25) is 0 Å². The van der Waals surface area contributed by atoms with Gasteiger partial charge < -0.3 is 4.52 Å². The first-order chi connectivity index (χ1) is 9.74. The molecule has 3 aromatic rings. The van der Waals surface area contributed by atoms with E-state index in [4.69, 9.17) is 4.52 Å². The minimum Gasteiger partial charge on any atom is -0.356 e. The van der Waals surface area contributed by atoms with Crippen molar-refractivity contribution in [3.63, 3.8) is 0 Å². The van der Waals surface area contributed by atoms with Crippen LogP contribution >= 0.6 is 0 Å². The van der Waals surface area contributed by atoms with Gasteiger partial charge in [-0.15, -0.1) is 0 Å². The zero-order valence-electron chi connectivity index (χ0n) is 10.4. The summed E-state index contributed by atoms with van der Waals surface area (Å²) in [5.41, 5.74) is 2.42. The highest BCUT2D eigenvalue weighted by Crippen LogP contribution is 2.26. The molecule has 0 unspecified atom stereocenters. The summed E-state index contributed by atoms with van der Waals surface area (Å²) < 4.78 is 5.30. The molecule has 0 atom stereocenters. The average molecular weight is 266 g/mol. The Balaban J connectivity index is 1.92. The summed E-state index contributed by atoms with van der Waals surface area (Å²) in [7, 11) is 0. The van der Waals surface area contributed by atoms with Gasteiger partial charge in [-0.05, 0) is 12.1 Å². The molecule has 5 heteroatoms. The fraction of sp³-hybridized carbons (Fsp3) is 0. The standard InChI is InChI=1S/C15H10N2O3/c18-17(19)13-8-6-11(7-9-13)14-10-15(20-16-14)12-4-2-1-3-5-12/h1-10H. The van der Waals surface area contributed by atoms with Gasteiger partial charge in [0.05, 0.1) is 4.92 Å². The molecule has 1 heterocycles. The Bertz CT molecular complexity index is 733. The number of rotatable bonds is 3. The minimum atomic E-state index is -0.429. The van der Waals surface area contributed by atoms with Crippen molar-refractivity contribution in [3.05, 3.63) is 70.8 Å². The summed E-state index contributed by atoms with van der Waals surface area (Å²) >= 11 is 0. The van der Waals surface area contributed by atoms with Crippen LogP contribution in [-0.2, 0) is 0 Å². The van der Waals surface area contributed by atoms with E-state index >= 15 is 0 Å². The normalized spacial score (nSPS) is 10.4. The highest BCUT2D eigenvalue weighted by molar-refractivity contribution is 5.67. The molecule has 20 heavy (non-hydrogen) atoms. The largest absolute Gasteiger partial charge is 0.356 e. The van der Waals surface area contributed by atoms with E-state index in [9.17, 15) is 10.1 Å². The minimum absolute atomic E-state index is 0.0560. The summed E-state index contributed by atoms with van der Waals surface area (Å²) in [5, 5.41) is 14.6. The summed E-state index contributed by atoms with van der Waals surface area (Å²) in [5.74, 6) is 0.666. The molecule has 2 aromatic carbocycles. The predicted octanol–water partition coefficient (Wildman–Crippen LogP) is 3.92. The Morgan fingerprint density at radius 1 is 0.950 bits per heavy atom. The molecule has 0 saturated heterocycles. The Morgan fingerprint density at radius 3 is 2.30 bits per heavy atom. The lowest BCUT2D eigenvalue weighted by Crippen LogP contribution is -1.87. The number of aromatic nitrogens is 1. The second kappa shape index (κ2) is 4.97. The molecule has 0 aliphatic rings. The monoisotopic (exact) mass is 266 g/mol. The first-order valence-corrected chi connectivity index (χ1v) is 6.01. The van der Waals surface area contributed by atoms with Crippen LogP contribution in [0.1, 0.15) is 0 Å². The number of non-ortho nitro benzene ring substituents is 1. The van der Waals surface area contributed by atoms with Gasteiger partial charge in [-0.3, -0.25) is 10.1 Å². The Hall–Kier alpha value is -2.95. The Morgan fingerprint density at radius 2 is 1.65 bits per heavy atom. The quantitative estimate of drug-likeness (QED) is 0.532. The summed E-state index contributed by atoms with van der Waals surface area (Å²) in [6.07, 6.45) is 0. The highest BCUT2D eigenvalue weighted by atomic mass is 16.6. The van der Waals surface area contributed by atoms with Crippen molar-refractivity contribution >= 4 is 5.69 Å². The van der Waals surface area contributed by atoms with Crippen molar-refractivity contribution in [2.75, 3.05) is 0 Å². The maximum Gasteiger partial charge on any atom is 0.269 e. The molecule has 0 radical (unpaired) electrons. The molecular weight excluding hydrogens is 256 g/mol. The van der Waals surface area contributed by atoms with Crippen molar-refractivity contribution < 1.29 is 9.45 Å². The van der Waals surface area contributed by atoms with E-state index in [1.54, 1.807) is 12.1 Å². The van der Waals surface area contributed by atoms with Crippen molar-refractivity contribution in [2.24, 2.45) is 0 Å². The van der Waals surface area contributed by atoms with Gasteiger partial charge in [0.15, 0.2) is 5.76 Å². The van der Waals surface area contributed by atoms with Crippen molar-refractivity contribution in [3.8, 4) is 22.6 Å². The fourth-order valence-electron chi connectivity index (χ4n) is 1.90. The van der Waals surface area contributed by atoms with E-state index < -0.39 is 4.92 Å². The summed E-state index contributed by atoms with van der Waals surface area (Å²) in [6.45, 7) is 0. The number of nitrogens with zero attached hydrogens (tertiary/aromatic N) is 2. The van der Waals surface area contributed by atoms with E-state index in [1.807, 2.05) is 36.4 Å². The van der Waals surface area contributed by atoms with E-state index in [2.05, 4.69) is 5.16 Å². The van der Waals surface area contributed by atoms with Crippen LogP contribution in [0.2, 0.25) is 0 Å². The van der Waals surface area contributed by atoms with Crippen LogP contribution in [-0.4, -0.2) is 10.1 Å². The summed E-state index contributed by atoms with van der Waals surface area (Å²) in [6, 6.07) is 17.7. The molecule has 98 valence electrons. The second-order valence-electron chi connectivity index (χ2n) is 4.25. The SMILES string of the molecule is O=[N+]([O-])c1ccc(-c2cc(-c3ccccc3)on2)cc1. The molecule has 0 aliphatic heterocycles. The molecule has 0 saturated carbocycles. The molecule has 1 aromatic heterocycles. The maximum atomic E-state index is 10.6. The van der Waals surface area contributed by atoms with Gasteiger partial charge in [0.25, 0.3) is 5.69 Å². The number of hydrogen-bond acceptors (Lipinski definition) is 4. The van der Waals surface area contributed by atoms with Crippen molar-refractivity contribution in [1.82, 2.24) is 5.16 Å². The number of nitro groups is 1. The van der Waals surface area contributed by atoms with Crippen LogP contribution < -0.4 is 0 Å². The van der Waals surface area contributed by atoms with Gasteiger partial charge in [0.1, 0.15) is 5.69 Å². The van der Waals surface area contributed by atoms with E-state index in [0.29, 0.717) is 11.5 Å². The highest BCUT2D eigenvalue weighted by Gasteiger charge is 2.10. The molecule has 0 fully saturated rings. The number of hydrogen-bond donors (Lipinski definition) is 0. The molecule has 0 aliphatic carbocycles. The summed E-state index contributed by atoms with van der Waals surface area (Å²) in [4.78, 5) is 10.2. The van der Waals surface area contributed by atoms with Gasteiger partial charge in [-0.25, -0.2) is 0 Å². The van der Waals surface area contributed by atoms with Crippen LogP contribution in [0, 0.1) is 10.1 Å². The van der Waals surface area contributed by atoms with Crippen LogP contribution in [0.5, 0.6) is 0 Å². The molecule has 0 N–H and O–H groups in total. The third kappa shape index (κ3) is 2.29.